The Hall–Kier alpha value is -3.02. The smallest absolute Gasteiger partial charge is 0.252 e. The van der Waals surface area contributed by atoms with Gasteiger partial charge < -0.3 is 19.8 Å². The van der Waals surface area contributed by atoms with Crippen LogP contribution in [0.3, 0.4) is 0 Å². The van der Waals surface area contributed by atoms with Crippen LogP contribution in [0.1, 0.15) is 32.1 Å². The molecule has 0 aliphatic carbocycles. The van der Waals surface area contributed by atoms with Gasteiger partial charge in [-0.25, -0.2) is 0 Å². The molecule has 6 nitrogen and oxygen atoms in total. The summed E-state index contributed by atoms with van der Waals surface area (Å²) in [7, 11) is 1.46. The fourth-order valence-corrected chi connectivity index (χ4v) is 2.73. The van der Waals surface area contributed by atoms with E-state index in [4.69, 9.17) is 15.2 Å². The number of hydrogen-bond acceptors (Lipinski definition) is 4. The number of amides is 1. The molecule has 6 heteroatoms. The Labute approximate surface area is 146 Å². The van der Waals surface area contributed by atoms with Crippen molar-refractivity contribution in [3.8, 4) is 11.5 Å². The molecule has 2 N–H and O–H groups in total. The molecular weight excluding hydrogens is 320 g/mol. The number of aromatic nitrogens is 1. The Morgan fingerprint density at radius 3 is 2.60 bits per heavy atom. The Kier molecular flexibility index (Phi) is 5.64. The number of primary amides is 1. The summed E-state index contributed by atoms with van der Waals surface area (Å²) in [5, 5.41) is 0. The SMILES string of the molecule is C=CCn1c(C)cc(C(=O)COc2c(OC)cccc2C(N)=O)c1C. The summed E-state index contributed by atoms with van der Waals surface area (Å²) >= 11 is 0. The van der Waals surface area contributed by atoms with Gasteiger partial charge in [0.2, 0.25) is 5.78 Å². The van der Waals surface area contributed by atoms with Gasteiger partial charge in [0.05, 0.1) is 12.7 Å². The van der Waals surface area contributed by atoms with Crippen molar-refractivity contribution >= 4 is 11.7 Å². The Balaban J connectivity index is 2.25. The van der Waals surface area contributed by atoms with Gasteiger partial charge in [0, 0.05) is 23.5 Å². The zero-order valence-electron chi connectivity index (χ0n) is 14.7. The van der Waals surface area contributed by atoms with Crippen molar-refractivity contribution in [2.45, 2.75) is 20.4 Å². The van der Waals surface area contributed by atoms with E-state index in [0.717, 1.165) is 11.4 Å². The molecule has 1 amide bonds. The number of benzene rings is 1. The Bertz CT molecular complexity index is 821. The molecule has 1 aromatic heterocycles. The molecule has 0 aliphatic heterocycles. The fourth-order valence-electron chi connectivity index (χ4n) is 2.73. The van der Waals surface area contributed by atoms with Crippen molar-refractivity contribution in [3.63, 3.8) is 0 Å². The molecule has 2 rings (SSSR count). The van der Waals surface area contributed by atoms with Crippen LogP contribution in [0.5, 0.6) is 11.5 Å². The van der Waals surface area contributed by atoms with Crippen molar-refractivity contribution in [1.29, 1.82) is 0 Å². The number of nitrogens with two attached hydrogens (primary N) is 1. The third-order valence-corrected chi connectivity index (χ3v) is 4.00. The van der Waals surface area contributed by atoms with Crippen LogP contribution in [-0.4, -0.2) is 30.0 Å². The number of ketones is 1. The predicted molar refractivity (Wildman–Crippen MR) is 95.4 cm³/mol. The Morgan fingerprint density at radius 1 is 1.28 bits per heavy atom. The maximum atomic E-state index is 12.6. The van der Waals surface area contributed by atoms with Crippen LogP contribution in [0.4, 0.5) is 0 Å². The molecule has 0 atom stereocenters. The van der Waals surface area contributed by atoms with Gasteiger partial charge in [-0.05, 0) is 32.0 Å². The van der Waals surface area contributed by atoms with Crippen LogP contribution in [0.15, 0.2) is 36.9 Å². The summed E-state index contributed by atoms with van der Waals surface area (Å²) in [6.45, 7) is 7.94. The molecule has 0 spiro atoms. The van der Waals surface area contributed by atoms with Crippen molar-refractivity contribution in [3.05, 3.63) is 59.4 Å². The van der Waals surface area contributed by atoms with E-state index in [0.29, 0.717) is 17.9 Å². The first-order chi connectivity index (χ1) is 11.9. The molecule has 0 saturated heterocycles. The highest BCUT2D eigenvalue weighted by atomic mass is 16.5. The van der Waals surface area contributed by atoms with Gasteiger partial charge in [-0.15, -0.1) is 6.58 Å². The van der Waals surface area contributed by atoms with Gasteiger partial charge in [-0.2, -0.15) is 0 Å². The van der Waals surface area contributed by atoms with Gasteiger partial charge in [-0.3, -0.25) is 9.59 Å². The lowest BCUT2D eigenvalue weighted by atomic mass is 10.1. The fraction of sp³-hybridized carbons (Fsp3) is 0.263. The number of allylic oxidation sites excluding steroid dienone is 1. The first kappa shape index (κ1) is 18.3. The molecule has 2 aromatic rings. The standard InChI is InChI=1S/C19H22N2O4/c1-5-9-21-12(2)10-15(13(21)3)16(22)11-25-18-14(19(20)23)7-6-8-17(18)24-4/h5-8,10H,1,9,11H2,2-4H3,(H2,20,23). The number of Topliss-reactive ketones (excluding diaryl/α,β-unsaturated/α-hetero) is 1. The van der Waals surface area contributed by atoms with Crippen molar-refractivity contribution in [2.75, 3.05) is 13.7 Å². The molecule has 0 aliphatic rings. The maximum absolute atomic E-state index is 12.6. The predicted octanol–water partition coefficient (Wildman–Crippen LogP) is 2.66. The summed E-state index contributed by atoms with van der Waals surface area (Å²) in [4.78, 5) is 24.1. The molecule has 0 fully saturated rings. The monoisotopic (exact) mass is 342 g/mol. The maximum Gasteiger partial charge on any atom is 0.252 e. The van der Waals surface area contributed by atoms with Crippen LogP contribution in [0, 0.1) is 13.8 Å². The van der Waals surface area contributed by atoms with E-state index < -0.39 is 5.91 Å². The number of rotatable bonds is 8. The van der Waals surface area contributed by atoms with Gasteiger partial charge in [0.1, 0.15) is 0 Å². The molecule has 0 unspecified atom stereocenters. The van der Waals surface area contributed by atoms with Gasteiger partial charge in [-0.1, -0.05) is 12.1 Å². The van der Waals surface area contributed by atoms with Crippen LogP contribution >= 0.6 is 0 Å². The van der Waals surface area contributed by atoms with Crippen LogP contribution in [-0.2, 0) is 6.54 Å². The number of hydrogen-bond donors (Lipinski definition) is 1. The highest BCUT2D eigenvalue weighted by Crippen LogP contribution is 2.31. The number of carbonyl (C=O) groups is 2. The highest BCUT2D eigenvalue weighted by molar-refractivity contribution is 5.99. The quantitative estimate of drug-likeness (QED) is 0.590. The Morgan fingerprint density at radius 2 is 2.00 bits per heavy atom. The van der Waals surface area contributed by atoms with Gasteiger partial charge in [0.15, 0.2) is 18.1 Å². The molecule has 1 heterocycles. The van der Waals surface area contributed by atoms with Crippen LogP contribution < -0.4 is 15.2 Å². The summed E-state index contributed by atoms with van der Waals surface area (Å²) in [6.07, 6.45) is 1.78. The number of ether oxygens (including phenoxy) is 2. The second kappa shape index (κ2) is 7.70. The average molecular weight is 342 g/mol. The number of carbonyl (C=O) groups excluding carboxylic acids is 2. The van der Waals surface area contributed by atoms with E-state index >= 15 is 0 Å². The minimum absolute atomic E-state index is 0.171. The van der Waals surface area contributed by atoms with E-state index in [1.807, 2.05) is 24.5 Å². The van der Waals surface area contributed by atoms with Crippen molar-refractivity contribution < 1.29 is 19.1 Å². The van der Waals surface area contributed by atoms with E-state index in [-0.39, 0.29) is 23.7 Å². The lowest BCUT2D eigenvalue weighted by molar-refractivity contribution is 0.0909. The third-order valence-electron chi connectivity index (χ3n) is 4.00. The normalized spacial score (nSPS) is 10.4. The topological polar surface area (TPSA) is 83.6 Å². The van der Waals surface area contributed by atoms with Gasteiger partial charge in [0.25, 0.3) is 5.91 Å². The second-order valence-corrected chi connectivity index (χ2v) is 5.60. The van der Waals surface area contributed by atoms with E-state index in [1.165, 1.54) is 13.2 Å². The third kappa shape index (κ3) is 3.74. The zero-order valence-corrected chi connectivity index (χ0v) is 14.7. The molecule has 0 bridgehead atoms. The molecule has 132 valence electrons. The van der Waals surface area contributed by atoms with Crippen LogP contribution in [0.2, 0.25) is 0 Å². The summed E-state index contributed by atoms with van der Waals surface area (Å²) in [5.41, 5.74) is 7.93. The average Bonchev–Trinajstić information content (AvgIpc) is 2.87. The lowest BCUT2D eigenvalue weighted by Gasteiger charge is -2.13. The largest absolute Gasteiger partial charge is 0.493 e. The molecular formula is C19H22N2O4. The molecule has 0 saturated carbocycles. The van der Waals surface area contributed by atoms with E-state index in [2.05, 4.69) is 6.58 Å². The highest BCUT2D eigenvalue weighted by Gasteiger charge is 2.19. The summed E-state index contributed by atoms with van der Waals surface area (Å²) in [5.74, 6) is -0.317. The first-order valence-electron chi connectivity index (χ1n) is 7.81. The molecule has 25 heavy (non-hydrogen) atoms. The summed E-state index contributed by atoms with van der Waals surface area (Å²) < 4.78 is 12.8. The number of aryl methyl sites for hydroxylation is 1. The van der Waals surface area contributed by atoms with Crippen molar-refractivity contribution in [2.24, 2.45) is 5.73 Å². The van der Waals surface area contributed by atoms with Gasteiger partial charge >= 0.3 is 0 Å². The summed E-state index contributed by atoms with van der Waals surface area (Å²) in [6, 6.07) is 6.63. The zero-order chi connectivity index (χ0) is 18.6. The minimum Gasteiger partial charge on any atom is -0.493 e. The van der Waals surface area contributed by atoms with E-state index in [1.54, 1.807) is 18.2 Å². The second-order valence-electron chi connectivity index (χ2n) is 5.60. The van der Waals surface area contributed by atoms with Crippen LogP contribution in [0.25, 0.3) is 0 Å². The number of para-hydroxylation sites is 1. The number of methoxy groups -OCH3 is 1. The minimum atomic E-state index is -0.648. The van der Waals surface area contributed by atoms with E-state index in [9.17, 15) is 9.59 Å². The number of nitrogens with zero attached hydrogens (tertiary/aromatic N) is 1. The molecule has 1 aromatic carbocycles. The first-order valence-corrected chi connectivity index (χ1v) is 7.81. The van der Waals surface area contributed by atoms with Crippen molar-refractivity contribution in [1.82, 2.24) is 4.57 Å². The lowest BCUT2D eigenvalue weighted by Crippen LogP contribution is -2.17. The molecule has 0 radical (unpaired) electrons.